The van der Waals surface area contributed by atoms with E-state index in [9.17, 15) is 18.3 Å². The topological polar surface area (TPSA) is 32.3 Å². The van der Waals surface area contributed by atoms with Crippen LogP contribution in [0.4, 0.5) is 18.9 Å². The number of halogens is 3. The lowest BCUT2D eigenvalue weighted by Crippen LogP contribution is -2.19. The Balaban J connectivity index is 2.06. The Morgan fingerprint density at radius 3 is 2.30 bits per heavy atom. The van der Waals surface area contributed by atoms with E-state index in [1.54, 1.807) is 31.2 Å². The van der Waals surface area contributed by atoms with Gasteiger partial charge in [-0.1, -0.05) is 12.1 Å². The van der Waals surface area contributed by atoms with Crippen molar-refractivity contribution in [3.8, 4) is 5.75 Å². The molecule has 2 rings (SSSR count). The van der Waals surface area contributed by atoms with Gasteiger partial charge in [0.15, 0.2) is 17.5 Å². The third kappa shape index (κ3) is 3.23. The summed E-state index contributed by atoms with van der Waals surface area (Å²) in [6, 6.07) is 8.47. The molecule has 1 atom stereocenters. The summed E-state index contributed by atoms with van der Waals surface area (Å²) in [4.78, 5) is 0. The SMILES string of the molecule is CC(Cc1ccc(O)cc1)Nc1ccc(F)c(F)c1F. The van der Waals surface area contributed by atoms with Gasteiger partial charge in [0.1, 0.15) is 5.75 Å². The van der Waals surface area contributed by atoms with Crippen molar-refractivity contribution in [2.75, 3.05) is 5.32 Å². The summed E-state index contributed by atoms with van der Waals surface area (Å²) in [7, 11) is 0. The van der Waals surface area contributed by atoms with Crippen LogP contribution in [0.15, 0.2) is 36.4 Å². The van der Waals surface area contributed by atoms with Gasteiger partial charge in [-0.05, 0) is 43.2 Å². The highest BCUT2D eigenvalue weighted by Gasteiger charge is 2.14. The average Bonchev–Trinajstić information content (AvgIpc) is 2.42. The molecule has 0 aliphatic carbocycles. The van der Waals surface area contributed by atoms with Gasteiger partial charge in [-0.2, -0.15) is 0 Å². The van der Waals surface area contributed by atoms with Crippen LogP contribution in [0.5, 0.6) is 5.75 Å². The zero-order valence-electron chi connectivity index (χ0n) is 10.8. The Bertz CT molecular complexity index is 599. The van der Waals surface area contributed by atoms with E-state index in [1.165, 1.54) is 6.07 Å². The first-order valence-electron chi connectivity index (χ1n) is 6.15. The predicted octanol–water partition coefficient (Wildman–Crippen LogP) is 3.85. The van der Waals surface area contributed by atoms with Crippen LogP contribution in [0.1, 0.15) is 12.5 Å². The normalized spacial score (nSPS) is 12.2. The van der Waals surface area contributed by atoms with E-state index < -0.39 is 17.5 Å². The minimum Gasteiger partial charge on any atom is -0.508 e. The Kier molecular flexibility index (Phi) is 4.17. The first kappa shape index (κ1) is 14.2. The first-order valence-corrected chi connectivity index (χ1v) is 6.15. The molecule has 0 saturated carbocycles. The number of aromatic hydroxyl groups is 1. The van der Waals surface area contributed by atoms with Crippen molar-refractivity contribution < 1.29 is 18.3 Å². The lowest BCUT2D eigenvalue weighted by molar-refractivity contribution is 0.448. The molecule has 0 aromatic heterocycles. The Morgan fingerprint density at radius 1 is 1.00 bits per heavy atom. The lowest BCUT2D eigenvalue weighted by atomic mass is 10.1. The summed E-state index contributed by atoms with van der Waals surface area (Å²) in [5.41, 5.74) is 0.862. The Morgan fingerprint density at radius 2 is 1.65 bits per heavy atom. The smallest absolute Gasteiger partial charge is 0.196 e. The molecule has 2 aromatic rings. The van der Waals surface area contributed by atoms with Gasteiger partial charge in [0.05, 0.1) is 5.69 Å². The Hall–Kier alpha value is -2.17. The number of hydrogen-bond donors (Lipinski definition) is 2. The van der Waals surface area contributed by atoms with Crippen LogP contribution in [0.25, 0.3) is 0 Å². The van der Waals surface area contributed by atoms with Crippen molar-refractivity contribution in [2.24, 2.45) is 0 Å². The fraction of sp³-hybridized carbons (Fsp3) is 0.200. The maximum absolute atomic E-state index is 13.5. The Labute approximate surface area is 114 Å². The highest BCUT2D eigenvalue weighted by molar-refractivity contribution is 5.46. The molecular weight excluding hydrogens is 267 g/mol. The standard InChI is InChI=1S/C15H14F3NO/c1-9(8-10-2-4-11(20)5-3-10)19-13-7-6-12(16)14(17)15(13)18/h2-7,9,19-20H,8H2,1H3. The molecule has 0 aliphatic heterocycles. The molecule has 2 nitrogen and oxygen atoms in total. The summed E-state index contributed by atoms with van der Waals surface area (Å²) in [6.07, 6.45) is 0.554. The largest absolute Gasteiger partial charge is 0.508 e. The molecule has 0 aliphatic rings. The fourth-order valence-corrected chi connectivity index (χ4v) is 1.94. The van der Waals surface area contributed by atoms with E-state index in [1.807, 2.05) is 0 Å². The molecule has 20 heavy (non-hydrogen) atoms. The third-order valence-electron chi connectivity index (χ3n) is 2.92. The minimum absolute atomic E-state index is 0.0739. The maximum atomic E-state index is 13.5. The average molecular weight is 281 g/mol. The molecular formula is C15H14F3NO. The van der Waals surface area contributed by atoms with Gasteiger partial charge in [0.25, 0.3) is 0 Å². The summed E-state index contributed by atoms with van der Waals surface area (Å²) in [5.74, 6) is -3.74. The molecule has 0 heterocycles. The van der Waals surface area contributed by atoms with E-state index in [-0.39, 0.29) is 17.5 Å². The van der Waals surface area contributed by atoms with Crippen molar-refractivity contribution in [3.63, 3.8) is 0 Å². The molecule has 0 fully saturated rings. The van der Waals surface area contributed by atoms with Crippen LogP contribution < -0.4 is 5.32 Å². The molecule has 5 heteroatoms. The fourth-order valence-electron chi connectivity index (χ4n) is 1.94. The van der Waals surface area contributed by atoms with Gasteiger partial charge in [0, 0.05) is 6.04 Å². The van der Waals surface area contributed by atoms with Crippen molar-refractivity contribution in [1.82, 2.24) is 0 Å². The van der Waals surface area contributed by atoms with E-state index >= 15 is 0 Å². The van der Waals surface area contributed by atoms with Crippen molar-refractivity contribution in [3.05, 3.63) is 59.4 Å². The van der Waals surface area contributed by atoms with Crippen LogP contribution in [0.3, 0.4) is 0 Å². The molecule has 2 aromatic carbocycles. The molecule has 2 N–H and O–H groups in total. The number of hydrogen-bond acceptors (Lipinski definition) is 2. The summed E-state index contributed by atoms with van der Waals surface area (Å²) in [5, 5.41) is 12.0. The van der Waals surface area contributed by atoms with Crippen LogP contribution in [-0.2, 0) is 6.42 Å². The van der Waals surface area contributed by atoms with Crippen molar-refractivity contribution in [1.29, 1.82) is 0 Å². The van der Waals surface area contributed by atoms with E-state index in [0.717, 1.165) is 11.6 Å². The number of anilines is 1. The monoisotopic (exact) mass is 281 g/mol. The number of rotatable bonds is 4. The van der Waals surface area contributed by atoms with Crippen LogP contribution in [0, 0.1) is 17.5 Å². The van der Waals surface area contributed by atoms with Crippen molar-refractivity contribution >= 4 is 5.69 Å². The molecule has 1 unspecified atom stereocenters. The van der Waals surface area contributed by atoms with E-state index in [4.69, 9.17) is 0 Å². The molecule has 0 bridgehead atoms. The van der Waals surface area contributed by atoms with Crippen LogP contribution in [0.2, 0.25) is 0 Å². The van der Waals surface area contributed by atoms with Crippen molar-refractivity contribution in [2.45, 2.75) is 19.4 Å². The van der Waals surface area contributed by atoms with Gasteiger partial charge in [-0.15, -0.1) is 0 Å². The predicted molar refractivity (Wildman–Crippen MR) is 71.2 cm³/mol. The second-order valence-electron chi connectivity index (χ2n) is 4.64. The third-order valence-corrected chi connectivity index (χ3v) is 2.92. The zero-order chi connectivity index (χ0) is 14.7. The summed E-state index contributed by atoms with van der Waals surface area (Å²) < 4.78 is 39.4. The van der Waals surface area contributed by atoms with Gasteiger partial charge in [-0.3, -0.25) is 0 Å². The molecule has 0 radical (unpaired) electrons. The molecule has 0 amide bonds. The minimum atomic E-state index is -1.48. The van der Waals surface area contributed by atoms with Gasteiger partial charge >= 0.3 is 0 Å². The number of benzene rings is 2. The molecule has 106 valence electrons. The summed E-state index contributed by atoms with van der Waals surface area (Å²) in [6.45, 7) is 1.80. The van der Waals surface area contributed by atoms with Crippen LogP contribution >= 0.6 is 0 Å². The van der Waals surface area contributed by atoms with Gasteiger partial charge in [-0.25, -0.2) is 13.2 Å². The maximum Gasteiger partial charge on any atom is 0.196 e. The lowest BCUT2D eigenvalue weighted by Gasteiger charge is -2.16. The second-order valence-corrected chi connectivity index (χ2v) is 4.64. The number of nitrogens with one attached hydrogen (secondary N) is 1. The molecule has 0 saturated heterocycles. The highest BCUT2D eigenvalue weighted by Crippen LogP contribution is 2.21. The quantitative estimate of drug-likeness (QED) is 0.834. The highest BCUT2D eigenvalue weighted by atomic mass is 19.2. The van der Waals surface area contributed by atoms with E-state index in [0.29, 0.717) is 6.42 Å². The van der Waals surface area contributed by atoms with Gasteiger partial charge in [0.2, 0.25) is 0 Å². The molecule has 0 spiro atoms. The van der Waals surface area contributed by atoms with Crippen LogP contribution in [-0.4, -0.2) is 11.1 Å². The zero-order valence-corrected chi connectivity index (χ0v) is 10.8. The second kappa shape index (κ2) is 5.86. The number of phenolic OH excluding ortho intramolecular Hbond substituents is 1. The van der Waals surface area contributed by atoms with Gasteiger partial charge < -0.3 is 10.4 Å². The van der Waals surface area contributed by atoms with E-state index in [2.05, 4.69) is 5.32 Å². The first-order chi connectivity index (χ1) is 9.47. The number of phenols is 1. The summed E-state index contributed by atoms with van der Waals surface area (Å²) >= 11 is 0.